The molecule has 2 heteroatoms. The quantitative estimate of drug-likeness (QED) is 0.728. The minimum absolute atomic E-state index is 0.217. The number of aromatic amines is 1. The molecule has 0 fully saturated rings. The number of rotatable bonds is 4. The molecule has 0 aliphatic heterocycles. The molecule has 0 radical (unpaired) electrons. The third-order valence-electron chi connectivity index (χ3n) is 4.21. The number of nitrogens with one attached hydrogen (secondary N) is 1. The molecule has 3 N–H and O–H groups in total. The van der Waals surface area contributed by atoms with Crippen LogP contribution in [0, 0.1) is 5.41 Å². The molecule has 0 bridgehead atoms. The molecular weight excluding hydrogens is 244 g/mol. The molecule has 1 aromatic heterocycles. The molecule has 0 aliphatic rings. The number of aromatic nitrogens is 1. The van der Waals surface area contributed by atoms with Gasteiger partial charge in [0.15, 0.2) is 0 Å². The second-order valence-electron chi connectivity index (χ2n) is 6.42. The Balaban J connectivity index is 1.95. The highest BCUT2D eigenvalue weighted by molar-refractivity contribution is 6.07. The van der Waals surface area contributed by atoms with Gasteiger partial charge in [0.05, 0.1) is 0 Å². The normalized spacial score (nSPS) is 12.3. The summed E-state index contributed by atoms with van der Waals surface area (Å²) in [6, 6.07) is 15.2. The van der Waals surface area contributed by atoms with E-state index in [1.54, 1.807) is 0 Å². The zero-order chi connectivity index (χ0) is 14.2. The first-order valence-corrected chi connectivity index (χ1v) is 7.28. The van der Waals surface area contributed by atoms with Gasteiger partial charge in [0.25, 0.3) is 0 Å². The van der Waals surface area contributed by atoms with E-state index >= 15 is 0 Å². The van der Waals surface area contributed by atoms with Gasteiger partial charge in [-0.3, -0.25) is 0 Å². The maximum atomic E-state index is 5.81. The van der Waals surface area contributed by atoms with Gasteiger partial charge in [-0.15, -0.1) is 0 Å². The highest BCUT2D eigenvalue weighted by Crippen LogP contribution is 2.28. The summed E-state index contributed by atoms with van der Waals surface area (Å²) in [5.41, 5.74) is 9.85. The molecule has 3 rings (SSSR count). The van der Waals surface area contributed by atoms with Gasteiger partial charge in [0, 0.05) is 21.8 Å². The molecule has 0 saturated heterocycles. The molecule has 0 amide bonds. The van der Waals surface area contributed by atoms with E-state index in [9.17, 15) is 0 Å². The second kappa shape index (κ2) is 4.95. The van der Waals surface area contributed by atoms with Crippen LogP contribution in [0.3, 0.4) is 0 Å². The zero-order valence-corrected chi connectivity index (χ0v) is 12.2. The minimum atomic E-state index is 0.217. The van der Waals surface area contributed by atoms with Gasteiger partial charge in [-0.2, -0.15) is 0 Å². The van der Waals surface area contributed by atoms with Crippen LogP contribution in [0.1, 0.15) is 25.8 Å². The predicted octanol–water partition coefficient (Wildman–Crippen LogP) is 4.24. The van der Waals surface area contributed by atoms with E-state index in [2.05, 4.69) is 61.3 Å². The Morgan fingerprint density at radius 3 is 2.55 bits per heavy atom. The number of hydrogen-bond donors (Lipinski definition) is 2. The van der Waals surface area contributed by atoms with Gasteiger partial charge in [0.2, 0.25) is 0 Å². The van der Waals surface area contributed by atoms with Crippen molar-refractivity contribution in [1.82, 2.24) is 4.98 Å². The fraction of sp³-hybridized carbons (Fsp3) is 0.333. The number of H-pyrrole nitrogens is 1. The lowest BCUT2D eigenvalue weighted by atomic mass is 9.86. The van der Waals surface area contributed by atoms with Crippen molar-refractivity contribution in [2.45, 2.75) is 26.7 Å². The Morgan fingerprint density at radius 1 is 1.00 bits per heavy atom. The van der Waals surface area contributed by atoms with Gasteiger partial charge < -0.3 is 10.7 Å². The summed E-state index contributed by atoms with van der Waals surface area (Å²) in [5.74, 6) is 0. The molecule has 2 aromatic carbocycles. The van der Waals surface area contributed by atoms with E-state index in [0.29, 0.717) is 0 Å². The minimum Gasteiger partial charge on any atom is -0.355 e. The van der Waals surface area contributed by atoms with E-state index in [4.69, 9.17) is 5.73 Å². The predicted molar refractivity (Wildman–Crippen MR) is 87.0 cm³/mol. The maximum Gasteiger partial charge on any atom is 0.0465 e. The first-order valence-electron chi connectivity index (χ1n) is 7.28. The Bertz CT molecular complexity index is 737. The molecule has 0 spiro atoms. The molecule has 3 aromatic rings. The molecule has 0 atom stereocenters. The van der Waals surface area contributed by atoms with Crippen molar-refractivity contribution in [3.05, 3.63) is 48.0 Å². The van der Waals surface area contributed by atoms with Crippen LogP contribution in [0.15, 0.2) is 42.5 Å². The van der Waals surface area contributed by atoms with Crippen molar-refractivity contribution >= 4 is 21.8 Å². The summed E-state index contributed by atoms with van der Waals surface area (Å²) >= 11 is 0. The lowest BCUT2D eigenvalue weighted by Gasteiger charge is -2.22. The topological polar surface area (TPSA) is 41.8 Å². The molecule has 0 unspecified atom stereocenters. The number of nitrogens with two attached hydrogens (primary N) is 1. The number of benzene rings is 2. The largest absolute Gasteiger partial charge is 0.355 e. The third kappa shape index (κ3) is 2.44. The smallest absolute Gasteiger partial charge is 0.0465 e. The lowest BCUT2D eigenvalue weighted by molar-refractivity contribution is 0.348. The number of hydrogen-bond acceptors (Lipinski definition) is 1. The Hall–Kier alpha value is -1.80. The average Bonchev–Trinajstić information content (AvgIpc) is 2.83. The van der Waals surface area contributed by atoms with Crippen LogP contribution in [-0.4, -0.2) is 11.5 Å². The van der Waals surface area contributed by atoms with Gasteiger partial charge in [-0.05, 0) is 48.6 Å². The molecule has 1 heterocycles. The van der Waals surface area contributed by atoms with Crippen LogP contribution < -0.4 is 5.73 Å². The van der Waals surface area contributed by atoms with Gasteiger partial charge in [0.1, 0.15) is 0 Å². The Labute approximate surface area is 120 Å². The molecular formula is C18H22N2. The van der Waals surface area contributed by atoms with Crippen LogP contribution in [0.4, 0.5) is 0 Å². The molecule has 20 heavy (non-hydrogen) atoms. The maximum absolute atomic E-state index is 5.81. The SMILES string of the molecule is CC(C)(CN)CCc1ccc2[nH]c3ccccc3c2c1. The van der Waals surface area contributed by atoms with Crippen molar-refractivity contribution in [2.24, 2.45) is 11.1 Å². The first kappa shape index (κ1) is 13.2. The first-order chi connectivity index (χ1) is 9.59. The van der Waals surface area contributed by atoms with Crippen molar-refractivity contribution in [3.8, 4) is 0 Å². The summed E-state index contributed by atoms with van der Waals surface area (Å²) in [6.45, 7) is 5.21. The summed E-state index contributed by atoms with van der Waals surface area (Å²) in [5, 5.41) is 2.63. The van der Waals surface area contributed by atoms with Crippen molar-refractivity contribution in [3.63, 3.8) is 0 Å². The molecule has 104 valence electrons. The monoisotopic (exact) mass is 266 g/mol. The van der Waals surface area contributed by atoms with E-state index in [1.165, 1.54) is 27.4 Å². The molecule has 0 aliphatic carbocycles. The van der Waals surface area contributed by atoms with Crippen LogP contribution >= 0.6 is 0 Å². The van der Waals surface area contributed by atoms with E-state index < -0.39 is 0 Å². The number of fused-ring (bicyclic) bond motifs is 3. The Kier molecular flexibility index (Phi) is 3.27. The van der Waals surface area contributed by atoms with Crippen molar-refractivity contribution in [2.75, 3.05) is 6.54 Å². The highest BCUT2D eigenvalue weighted by atomic mass is 14.7. The van der Waals surface area contributed by atoms with Crippen LogP contribution in [0.25, 0.3) is 21.8 Å². The van der Waals surface area contributed by atoms with Crippen LogP contribution in [0.2, 0.25) is 0 Å². The van der Waals surface area contributed by atoms with E-state index in [1.807, 2.05) is 0 Å². The fourth-order valence-corrected chi connectivity index (χ4v) is 2.64. The summed E-state index contributed by atoms with van der Waals surface area (Å²) in [7, 11) is 0. The molecule has 0 saturated carbocycles. The zero-order valence-electron chi connectivity index (χ0n) is 12.2. The summed E-state index contributed by atoms with van der Waals surface area (Å²) in [4.78, 5) is 3.47. The average molecular weight is 266 g/mol. The van der Waals surface area contributed by atoms with Crippen LogP contribution in [0.5, 0.6) is 0 Å². The summed E-state index contributed by atoms with van der Waals surface area (Å²) in [6.07, 6.45) is 2.21. The highest BCUT2D eigenvalue weighted by Gasteiger charge is 2.15. The lowest BCUT2D eigenvalue weighted by Crippen LogP contribution is -2.23. The van der Waals surface area contributed by atoms with Crippen molar-refractivity contribution in [1.29, 1.82) is 0 Å². The van der Waals surface area contributed by atoms with E-state index in [-0.39, 0.29) is 5.41 Å². The van der Waals surface area contributed by atoms with E-state index in [0.717, 1.165) is 19.4 Å². The molecule has 2 nitrogen and oxygen atoms in total. The Morgan fingerprint density at radius 2 is 1.75 bits per heavy atom. The number of para-hydroxylation sites is 1. The summed E-state index contributed by atoms with van der Waals surface area (Å²) < 4.78 is 0. The van der Waals surface area contributed by atoms with Gasteiger partial charge >= 0.3 is 0 Å². The number of aryl methyl sites for hydroxylation is 1. The van der Waals surface area contributed by atoms with Crippen molar-refractivity contribution < 1.29 is 0 Å². The fourth-order valence-electron chi connectivity index (χ4n) is 2.64. The standard InChI is InChI=1S/C18H22N2/c1-18(2,12-19)10-9-13-7-8-17-15(11-13)14-5-3-4-6-16(14)20-17/h3-8,11,20H,9-10,12,19H2,1-2H3. The second-order valence-corrected chi connectivity index (χ2v) is 6.42. The third-order valence-corrected chi connectivity index (χ3v) is 4.21. The van der Waals surface area contributed by atoms with Gasteiger partial charge in [-0.1, -0.05) is 38.1 Å². The van der Waals surface area contributed by atoms with Gasteiger partial charge in [-0.25, -0.2) is 0 Å². The van der Waals surface area contributed by atoms with Crippen LogP contribution in [-0.2, 0) is 6.42 Å².